The largest absolute Gasteiger partial charge is 0.457 e. The predicted molar refractivity (Wildman–Crippen MR) is 124 cm³/mol. The van der Waals surface area contributed by atoms with Crippen LogP contribution < -0.4 is 10.3 Å². The molecule has 7 nitrogen and oxygen atoms in total. The fraction of sp³-hybridized carbons (Fsp3) is 0.360. The van der Waals surface area contributed by atoms with Crippen molar-refractivity contribution in [2.75, 3.05) is 0 Å². The topological polar surface area (TPSA) is 74.8 Å². The summed E-state index contributed by atoms with van der Waals surface area (Å²) < 4.78 is 9.62. The third kappa shape index (κ3) is 4.02. The van der Waals surface area contributed by atoms with E-state index in [4.69, 9.17) is 4.74 Å². The summed E-state index contributed by atoms with van der Waals surface area (Å²) in [5.41, 5.74) is 2.37. The molecule has 0 bridgehead atoms. The van der Waals surface area contributed by atoms with Gasteiger partial charge in [-0.15, -0.1) is 0 Å². The first-order valence-corrected chi connectivity index (χ1v) is 11.2. The second kappa shape index (κ2) is 8.57. The average molecular weight is 430 g/mol. The monoisotopic (exact) mass is 429 g/mol. The minimum Gasteiger partial charge on any atom is -0.457 e. The molecule has 164 valence electrons. The Balaban J connectivity index is 1.44. The number of aryl methyl sites for hydroxylation is 1. The maximum absolute atomic E-state index is 13.3. The number of hydrogen-bond acceptors (Lipinski definition) is 5. The normalized spacial score (nSPS) is 15.7. The van der Waals surface area contributed by atoms with Crippen LogP contribution in [0.25, 0.3) is 22.2 Å². The van der Waals surface area contributed by atoms with Gasteiger partial charge in [-0.1, -0.05) is 19.3 Å². The lowest BCUT2D eigenvalue weighted by Gasteiger charge is -2.28. The first-order chi connectivity index (χ1) is 15.6. The van der Waals surface area contributed by atoms with E-state index >= 15 is 0 Å². The molecule has 3 aromatic heterocycles. The molecule has 1 aromatic carbocycles. The van der Waals surface area contributed by atoms with E-state index in [1.54, 1.807) is 40.1 Å². The van der Waals surface area contributed by atoms with E-state index in [-0.39, 0.29) is 11.6 Å². The van der Waals surface area contributed by atoms with Gasteiger partial charge in [0.15, 0.2) is 0 Å². The Bertz CT molecular complexity index is 1300. The maximum atomic E-state index is 13.3. The van der Waals surface area contributed by atoms with Gasteiger partial charge in [-0.3, -0.25) is 19.0 Å². The van der Waals surface area contributed by atoms with Gasteiger partial charge in [-0.25, -0.2) is 4.98 Å². The first-order valence-electron chi connectivity index (χ1n) is 11.2. The van der Waals surface area contributed by atoms with Crippen LogP contribution in [0.4, 0.5) is 0 Å². The van der Waals surface area contributed by atoms with Crippen LogP contribution in [-0.2, 0) is 7.05 Å². The molecule has 0 aliphatic heterocycles. The Morgan fingerprint density at radius 1 is 1.06 bits per heavy atom. The summed E-state index contributed by atoms with van der Waals surface area (Å²) in [6, 6.07) is 9.29. The molecule has 1 atom stereocenters. The molecule has 1 saturated carbocycles. The second-order valence-electron chi connectivity index (χ2n) is 8.66. The van der Waals surface area contributed by atoms with Crippen LogP contribution in [0.15, 0.2) is 60.0 Å². The second-order valence-corrected chi connectivity index (χ2v) is 8.66. The van der Waals surface area contributed by atoms with Crippen molar-refractivity contribution in [2.45, 2.75) is 45.1 Å². The average Bonchev–Trinajstić information content (AvgIpc) is 3.26. The van der Waals surface area contributed by atoms with E-state index in [1.165, 1.54) is 32.1 Å². The molecule has 3 heterocycles. The fourth-order valence-corrected chi connectivity index (χ4v) is 4.63. The molecule has 0 saturated heterocycles. The summed E-state index contributed by atoms with van der Waals surface area (Å²) in [7, 11) is 1.87. The van der Waals surface area contributed by atoms with Crippen molar-refractivity contribution in [3.8, 4) is 22.8 Å². The Kier molecular flexibility index (Phi) is 5.47. The fourth-order valence-electron chi connectivity index (χ4n) is 4.63. The Morgan fingerprint density at radius 2 is 1.88 bits per heavy atom. The van der Waals surface area contributed by atoms with Gasteiger partial charge in [0.25, 0.3) is 5.56 Å². The first kappa shape index (κ1) is 20.4. The summed E-state index contributed by atoms with van der Waals surface area (Å²) in [5, 5.41) is 4.78. The molecule has 32 heavy (non-hydrogen) atoms. The van der Waals surface area contributed by atoms with E-state index in [1.807, 2.05) is 31.4 Å². The molecule has 1 fully saturated rings. The highest BCUT2D eigenvalue weighted by Crippen LogP contribution is 2.32. The maximum Gasteiger partial charge on any atom is 0.261 e. The van der Waals surface area contributed by atoms with E-state index < -0.39 is 0 Å². The molecule has 1 aliphatic rings. The van der Waals surface area contributed by atoms with Crippen LogP contribution >= 0.6 is 0 Å². The highest BCUT2D eigenvalue weighted by molar-refractivity contribution is 5.79. The lowest BCUT2D eigenvalue weighted by atomic mass is 9.84. The molecule has 0 radical (unpaired) electrons. The molecular formula is C25H27N5O2. The summed E-state index contributed by atoms with van der Waals surface area (Å²) >= 11 is 0. The zero-order chi connectivity index (χ0) is 22.1. The van der Waals surface area contributed by atoms with E-state index in [0.717, 1.165) is 11.3 Å². The van der Waals surface area contributed by atoms with Crippen LogP contribution in [-0.4, -0.2) is 24.3 Å². The SMILES string of the molecule is C[C@H](C1CCCCC1)n1cnc2ccc(Oc3ccnc(-c4cnn(C)c4)c3)cc2c1=O. The van der Waals surface area contributed by atoms with Crippen molar-refractivity contribution in [1.82, 2.24) is 24.3 Å². The van der Waals surface area contributed by atoms with E-state index in [0.29, 0.717) is 28.3 Å². The summed E-state index contributed by atoms with van der Waals surface area (Å²) in [6.45, 7) is 2.14. The number of hydrogen-bond donors (Lipinski definition) is 0. The third-order valence-corrected chi connectivity index (χ3v) is 6.49. The van der Waals surface area contributed by atoms with Crippen LogP contribution in [0.5, 0.6) is 11.5 Å². The Morgan fingerprint density at radius 3 is 2.66 bits per heavy atom. The van der Waals surface area contributed by atoms with Gasteiger partial charge < -0.3 is 4.74 Å². The van der Waals surface area contributed by atoms with Gasteiger partial charge in [0.2, 0.25) is 0 Å². The lowest BCUT2D eigenvalue weighted by Crippen LogP contribution is -2.29. The number of aromatic nitrogens is 5. The quantitative estimate of drug-likeness (QED) is 0.440. The number of nitrogens with zero attached hydrogens (tertiary/aromatic N) is 5. The van der Waals surface area contributed by atoms with Crippen LogP contribution in [0.1, 0.15) is 45.1 Å². The molecule has 0 N–H and O–H groups in total. The summed E-state index contributed by atoms with van der Waals surface area (Å²) in [5.74, 6) is 1.78. The van der Waals surface area contributed by atoms with Gasteiger partial charge in [-0.05, 0) is 49.9 Å². The van der Waals surface area contributed by atoms with Gasteiger partial charge >= 0.3 is 0 Å². The zero-order valence-corrected chi connectivity index (χ0v) is 18.4. The van der Waals surface area contributed by atoms with Crippen molar-refractivity contribution in [2.24, 2.45) is 13.0 Å². The Hall–Kier alpha value is -3.48. The molecular weight excluding hydrogens is 402 g/mol. The minimum absolute atomic E-state index is 0.00991. The molecule has 7 heteroatoms. The van der Waals surface area contributed by atoms with Crippen LogP contribution in [0, 0.1) is 5.92 Å². The molecule has 4 aromatic rings. The smallest absolute Gasteiger partial charge is 0.261 e. The van der Waals surface area contributed by atoms with Crippen molar-refractivity contribution in [3.05, 3.63) is 65.6 Å². The van der Waals surface area contributed by atoms with Crippen molar-refractivity contribution in [1.29, 1.82) is 0 Å². The lowest BCUT2D eigenvalue weighted by molar-refractivity contribution is 0.259. The molecule has 1 aliphatic carbocycles. The van der Waals surface area contributed by atoms with E-state index in [9.17, 15) is 4.79 Å². The standard InChI is InChI=1S/C25H27N5O2/c1-17(18-6-4-3-5-7-18)30-16-27-23-9-8-20(12-22(23)25(30)31)32-21-10-11-26-24(13-21)19-14-28-29(2)15-19/h8-18H,3-7H2,1-2H3/t17-/m1/s1. The molecule has 5 rings (SSSR count). The highest BCUT2D eigenvalue weighted by Gasteiger charge is 2.22. The summed E-state index contributed by atoms with van der Waals surface area (Å²) in [6.07, 6.45) is 13.2. The number of benzene rings is 1. The number of rotatable bonds is 5. The van der Waals surface area contributed by atoms with E-state index in [2.05, 4.69) is 22.0 Å². The highest BCUT2D eigenvalue weighted by atomic mass is 16.5. The number of fused-ring (bicyclic) bond motifs is 1. The predicted octanol–water partition coefficient (Wildman–Crippen LogP) is 5.13. The number of ether oxygens (including phenoxy) is 1. The van der Waals surface area contributed by atoms with Gasteiger partial charge in [-0.2, -0.15) is 5.10 Å². The zero-order valence-electron chi connectivity index (χ0n) is 18.4. The van der Waals surface area contributed by atoms with Gasteiger partial charge in [0.1, 0.15) is 11.5 Å². The van der Waals surface area contributed by atoms with Crippen LogP contribution in [0.2, 0.25) is 0 Å². The number of pyridine rings is 1. The minimum atomic E-state index is -0.00991. The third-order valence-electron chi connectivity index (χ3n) is 6.49. The van der Waals surface area contributed by atoms with Gasteiger partial charge in [0.05, 0.1) is 29.1 Å². The molecule has 0 spiro atoms. The van der Waals surface area contributed by atoms with Gasteiger partial charge in [0, 0.05) is 37.1 Å². The molecule has 0 amide bonds. The molecule has 0 unspecified atom stereocenters. The Labute approximate surface area is 186 Å². The summed E-state index contributed by atoms with van der Waals surface area (Å²) in [4.78, 5) is 22.3. The van der Waals surface area contributed by atoms with Crippen molar-refractivity contribution < 1.29 is 4.74 Å². The van der Waals surface area contributed by atoms with Crippen LogP contribution in [0.3, 0.4) is 0 Å². The van der Waals surface area contributed by atoms with Crippen molar-refractivity contribution in [3.63, 3.8) is 0 Å². The van der Waals surface area contributed by atoms with Crippen molar-refractivity contribution >= 4 is 10.9 Å².